The first kappa shape index (κ1) is 20.8. The average molecular weight is 426 g/mol. The third-order valence-electron chi connectivity index (χ3n) is 6.35. The van der Waals surface area contributed by atoms with Gasteiger partial charge in [0.15, 0.2) is 31.5 Å². The Morgan fingerprint density at radius 3 is 2.50 bits per heavy atom. The van der Waals surface area contributed by atoms with E-state index >= 15 is 0 Å². The van der Waals surface area contributed by atoms with E-state index in [0.717, 1.165) is 40.5 Å². The Morgan fingerprint density at radius 2 is 1.83 bits per heavy atom. The highest BCUT2D eigenvalue weighted by Crippen LogP contribution is 2.38. The van der Waals surface area contributed by atoms with E-state index in [-0.39, 0.29) is 11.3 Å². The number of hydrogen-bond donors (Lipinski definition) is 0. The molecule has 4 heterocycles. The van der Waals surface area contributed by atoms with Gasteiger partial charge < -0.3 is 13.7 Å². The van der Waals surface area contributed by atoms with Gasteiger partial charge in [-0.1, -0.05) is 20.8 Å². The zero-order chi connectivity index (χ0) is 21.7. The van der Waals surface area contributed by atoms with Gasteiger partial charge in [0, 0.05) is 17.8 Å². The van der Waals surface area contributed by atoms with Crippen LogP contribution in [0.2, 0.25) is 18.1 Å². The Kier molecular flexibility index (Phi) is 5.10. The molecule has 0 N–H and O–H groups in total. The third-order valence-corrected chi connectivity index (χ3v) is 10.8. The maximum absolute atomic E-state index is 6.32. The number of imidazole rings is 1. The van der Waals surface area contributed by atoms with E-state index in [9.17, 15) is 0 Å². The van der Waals surface area contributed by atoms with Gasteiger partial charge in [0.1, 0.15) is 18.4 Å². The molecule has 1 aliphatic rings. The van der Waals surface area contributed by atoms with Crippen LogP contribution in [0.3, 0.4) is 0 Å². The van der Waals surface area contributed by atoms with Crippen molar-refractivity contribution in [2.45, 2.75) is 65.4 Å². The van der Waals surface area contributed by atoms with Crippen LogP contribution in [0.5, 0.6) is 0 Å². The number of ether oxygens (including phenoxy) is 1. The predicted molar refractivity (Wildman–Crippen MR) is 120 cm³/mol. The lowest BCUT2D eigenvalue weighted by Crippen LogP contribution is -2.41. The topological polar surface area (TPSA) is 67.0 Å². The fourth-order valence-corrected chi connectivity index (χ4v) is 4.39. The Hall–Kier alpha value is -2.45. The molecule has 30 heavy (non-hydrogen) atoms. The molecular weight excluding hydrogens is 394 g/mol. The Bertz CT molecular complexity index is 1090. The number of nitrogens with zero attached hydrogens (tertiary/aromatic N) is 5. The van der Waals surface area contributed by atoms with Crippen LogP contribution in [0, 0.1) is 13.8 Å². The molecule has 3 aromatic heterocycles. The molecule has 1 aliphatic heterocycles. The van der Waals surface area contributed by atoms with Crippen molar-refractivity contribution in [2.75, 3.05) is 6.61 Å². The van der Waals surface area contributed by atoms with E-state index in [1.807, 2.05) is 4.57 Å². The average Bonchev–Trinajstić information content (AvgIpc) is 3.37. The van der Waals surface area contributed by atoms with Crippen LogP contribution in [-0.4, -0.2) is 39.0 Å². The largest absolute Gasteiger partial charge is 0.472 e. The minimum absolute atomic E-state index is 0.164. The number of rotatable bonds is 5. The standard InChI is InChI=1S/C22H31N5O2Si/c1-15-8-9-16(2)27(15)21-19-20(23-13-24-21)26(14-25-19)18-11-10-17(29-18)12-28-30(6,7)22(3,4)5/h8-10,13-14,18H,11-12H2,1-7H3/t18-/m1/s1. The minimum Gasteiger partial charge on any atom is -0.472 e. The fraction of sp³-hybridized carbons (Fsp3) is 0.500. The highest BCUT2D eigenvalue weighted by Gasteiger charge is 2.37. The second-order valence-electron chi connectivity index (χ2n) is 9.50. The molecule has 0 saturated carbocycles. The first-order chi connectivity index (χ1) is 14.1. The fourth-order valence-electron chi connectivity index (χ4n) is 3.45. The molecule has 0 bridgehead atoms. The van der Waals surface area contributed by atoms with Crippen LogP contribution in [0.1, 0.15) is 44.8 Å². The number of aromatic nitrogens is 5. The maximum atomic E-state index is 6.32. The Balaban J connectivity index is 1.54. The molecule has 0 amide bonds. The summed E-state index contributed by atoms with van der Waals surface area (Å²) in [5.41, 5.74) is 3.78. The quantitative estimate of drug-likeness (QED) is 0.535. The summed E-state index contributed by atoms with van der Waals surface area (Å²) in [7, 11) is -1.82. The van der Waals surface area contributed by atoms with Crippen molar-refractivity contribution in [2.24, 2.45) is 0 Å². The molecule has 4 rings (SSSR count). The first-order valence-corrected chi connectivity index (χ1v) is 13.3. The van der Waals surface area contributed by atoms with Gasteiger partial charge in [0.2, 0.25) is 0 Å². The van der Waals surface area contributed by atoms with E-state index in [4.69, 9.17) is 9.16 Å². The van der Waals surface area contributed by atoms with Crippen molar-refractivity contribution in [3.05, 3.63) is 48.0 Å². The Labute approximate surface area is 178 Å². The van der Waals surface area contributed by atoms with Gasteiger partial charge in [-0.25, -0.2) is 15.0 Å². The summed E-state index contributed by atoms with van der Waals surface area (Å²) in [5.74, 6) is 1.68. The summed E-state index contributed by atoms with van der Waals surface area (Å²) in [4.78, 5) is 13.7. The molecule has 7 nitrogen and oxygen atoms in total. The second-order valence-corrected chi connectivity index (χ2v) is 14.3. The van der Waals surface area contributed by atoms with Crippen LogP contribution in [0.25, 0.3) is 17.0 Å². The smallest absolute Gasteiger partial charge is 0.192 e. The zero-order valence-corrected chi connectivity index (χ0v) is 19.9. The normalized spacial score (nSPS) is 17.4. The molecule has 0 radical (unpaired) electrons. The molecule has 1 atom stereocenters. The summed E-state index contributed by atoms with van der Waals surface area (Å²) in [6.45, 7) is 15.9. The number of hydrogen-bond acceptors (Lipinski definition) is 5. The maximum Gasteiger partial charge on any atom is 0.192 e. The molecule has 8 heteroatoms. The van der Waals surface area contributed by atoms with Crippen LogP contribution in [0.15, 0.2) is 36.6 Å². The van der Waals surface area contributed by atoms with Gasteiger partial charge in [-0.05, 0) is 50.2 Å². The SMILES string of the molecule is Cc1ccc(C)n1-c1ncnc2c1ncn2[C@H]1CC=C(CO[Si](C)(C)C(C)(C)C)O1. The van der Waals surface area contributed by atoms with Gasteiger partial charge in [-0.2, -0.15) is 0 Å². The van der Waals surface area contributed by atoms with Crippen LogP contribution < -0.4 is 0 Å². The molecule has 0 aromatic carbocycles. The van der Waals surface area contributed by atoms with E-state index in [2.05, 4.69) is 85.4 Å². The second kappa shape index (κ2) is 7.35. The van der Waals surface area contributed by atoms with E-state index in [1.54, 1.807) is 12.7 Å². The van der Waals surface area contributed by atoms with Crippen molar-refractivity contribution in [3.63, 3.8) is 0 Å². The number of fused-ring (bicyclic) bond motifs is 1. The van der Waals surface area contributed by atoms with Crippen LogP contribution in [-0.2, 0) is 9.16 Å². The molecular formula is C22H31N5O2Si. The van der Waals surface area contributed by atoms with Gasteiger partial charge in [-0.3, -0.25) is 4.57 Å². The van der Waals surface area contributed by atoms with Crippen molar-refractivity contribution in [1.29, 1.82) is 0 Å². The van der Waals surface area contributed by atoms with Gasteiger partial charge >= 0.3 is 0 Å². The third kappa shape index (κ3) is 3.58. The highest BCUT2D eigenvalue weighted by atomic mass is 28.4. The molecule has 0 aliphatic carbocycles. The summed E-state index contributed by atoms with van der Waals surface area (Å²) >= 11 is 0. The lowest BCUT2D eigenvalue weighted by Gasteiger charge is -2.36. The van der Waals surface area contributed by atoms with Gasteiger partial charge in [0.05, 0.1) is 6.61 Å². The molecule has 160 valence electrons. The van der Waals surface area contributed by atoms with Gasteiger partial charge in [-0.15, -0.1) is 0 Å². The molecule has 3 aromatic rings. The van der Waals surface area contributed by atoms with Crippen molar-refractivity contribution >= 4 is 19.5 Å². The predicted octanol–water partition coefficient (Wildman–Crippen LogP) is 5.06. The van der Waals surface area contributed by atoms with Crippen LogP contribution >= 0.6 is 0 Å². The Morgan fingerprint density at radius 1 is 1.13 bits per heavy atom. The van der Waals surface area contributed by atoms with Crippen LogP contribution in [0.4, 0.5) is 0 Å². The van der Waals surface area contributed by atoms with Crippen molar-refractivity contribution in [3.8, 4) is 5.82 Å². The van der Waals surface area contributed by atoms with Gasteiger partial charge in [0.25, 0.3) is 0 Å². The van der Waals surface area contributed by atoms with E-state index in [0.29, 0.717) is 6.61 Å². The van der Waals surface area contributed by atoms with Crippen molar-refractivity contribution in [1.82, 2.24) is 24.1 Å². The molecule has 0 saturated heterocycles. The van der Waals surface area contributed by atoms with Crippen molar-refractivity contribution < 1.29 is 9.16 Å². The lowest BCUT2D eigenvalue weighted by atomic mass is 10.2. The molecule has 0 fully saturated rings. The summed E-state index contributed by atoms with van der Waals surface area (Å²) < 4.78 is 16.6. The molecule has 0 unspecified atom stereocenters. The van der Waals surface area contributed by atoms with E-state index < -0.39 is 8.32 Å². The summed E-state index contributed by atoms with van der Waals surface area (Å²) in [5, 5.41) is 0.175. The van der Waals surface area contributed by atoms with E-state index in [1.165, 1.54) is 0 Å². The highest BCUT2D eigenvalue weighted by molar-refractivity contribution is 6.74. The first-order valence-electron chi connectivity index (χ1n) is 10.4. The lowest BCUT2D eigenvalue weighted by molar-refractivity contribution is 0.0670. The summed E-state index contributed by atoms with van der Waals surface area (Å²) in [6, 6.07) is 4.16. The monoisotopic (exact) mass is 425 g/mol. The molecule has 0 spiro atoms. The zero-order valence-electron chi connectivity index (χ0n) is 18.9. The summed E-state index contributed by atoms with van der Waals surface area (Å²) in [6.07, 6.45) is 6.11. The number of aryl methyl sites for hydroxylation is 2. The minimum atomic E-state index is -1.82.